The number of carbonyl (C=O) groups is 2. The predicted molar refractivity (Wildman–Crippen MR) is 121 cm³/mol. The van der Waals surface area contributed by atoms with Crippen LogP contribution in [0, 0.1) is 17.5 Å². The smallest absolute Gasteiger partial charge is 0.238 e. The monoisotopic (exact) mass is 495 g/mol. The third-order valence-electron chi connectivity index (χ3n) is 6.86. The van der Waals surface area contributed by atoms with E-state index in [9.17, 15) is 23.5 Å². The minimum Gasteiger partial charge on any atom is -0.390 e. The first-order chi connectivity index (χ1) is 16.0. The molecule has 4 rings (SSSR count). The lowest BCUT2D eigenvalue weighted by Gasteiger charge is -2.42. The molecule has 3 atom stereocenters. The number of hydrogen-bond donors (Lipinski definition) is 4. The third-order valence-corrected chi connectivity index (χ3v) is 7.15. The Morgan fingerprint density at radius 3 is 2.53 bits per heavy atom. The quantitative estimate of drug-likeness (QED) is 0.463. The SMILES string of the molecule is CNc1cc(F)c(F)cc1C1(C=O)CNC(C(=O)NC2CC(C)(O)C2)C1c1cccc(Cl)c1F. The lowest BCUT2D eigenvalue weighted by atomic mass is 9.67. The second-order valence-corrected chi connectivity index (χ2v) is 9.72. The first kappa shape index (κ1) is 24.5. The molecule has 1 heterocycles. The zero-order valence-electron chi connectivity index (χ0n) is 18.6. The topological polar surface area (TPSA) is 90.5 Å². The molecule has 1 aliphatic carbocycles. The standard InChI is InChI=1S/C24H25ClF3N3O3/c1-23(34)8-12(9-23)31-22(33)21-19(13-4-3-5-15(25)20(13)28)24(11-32,10-30-21)14-6-16(26)17(27)7-18(14)29-2/h3-7,11-12,19,21,29-30,34H,8-10H2,1-2H3,(H,31,33). The van der Waals surface area contributed by atoms with Crippen LogP contribution in [0.25, 0.3) is 0 Å². The molecule has 3 unspecified atom stereocenters. The number of benzene rings is 2. The van der Waals surface area contributed by atoms with E-state index in [1.54, 1.807) is 6.92 Å². The van der Waals surface area contributed by atoms with E-state index in [0.717, 1.165) is 12.1 Å². The van der Waals surface area contributed by atoms with Gasteiger partial charge < -0.3 is 25.9 Å². The molecule has 34 heavy (non-hydrogen) atoms. The van der Waals surface area contributed by atoms with Crippen molar-refractivity contribution >= 4 is 29.5 Å². The number of nitrogens with one attached hydrogen (secondary N) is 3. The molecule has 1 amide bonds. The first-order valence-corrected chi connectivity index (χ1v) is 11.2. The Morgan fingerprint density at radius 1 is 1.24 bits per heavy atom. The summed E-state index contributed by atoms with van der Waals surface area (Å²) < 4.78 is 43.6. The summed E-state index contributed by atoms with van der Waals surface area (Å²) >= 11 is 6.02. The fourth-order valence-corrected chi connectivity index (χ4v) is 5.42. The zero-order valence-corrected chi connectivity index (χ0v) is 19.3. The van der Waals surface area contributed by atoms with Gasteiger partial charge in [0.1, 0.15) is 12.1 Å². The highest BCUT2D eigenvalue weighted by Crippen LogP contribution is 2.48. The van der Waals surface area contributed by atoms with Crippen LogP contribution in [0.4, 0.5) is 18.9 Å². The van der Waals surface area contributed by atoms with Gasteiger partial charge in [-0.25, -0.2) is 13.2 Å². The van der Waals surface area contributed by atoms with E-state index in [0.29, 0.717) is 19.1 Å². The average molecular weight is 496 g/mol. The van der Waals surface area contributed by atoms with Crippen molar-refractivity contribution in [2.75, 3.05) is 18.9 Å². The number of rotatable bonds is 6. The van der Waals surface area contributed by atoms with E-state index in [1.165, 1.54) is 25.2 Å². The molecule has 4 N–H and O–H groups in total. The molecule has 1 saturated heterocycles. The lowest BCUT2D eigenvalue weighted by Crippen LogP contribution is -2.57. The number of aliphatic hydroxyl groups is 1. The summed E-state index contributed by atoms with van der Waals surface area (Å²) in [6.45, 7) is 1.53. The highest BCUT2D eigenvalue weighted by Gasteiger charge is 2.55. The van der Waals surface area contributed by atoms with Crippen molar-refractivity contribution in [3.8, 4) is 0 Å². The first-order valence-electron chi connectivity index (χ1n) is 10.9. The minimum atomic E-state index is -1.62. The van der Waals surface area contributed by atoms with Crippen LogP contribution in [0.1, 0.15) is 36.8 Å². The fourth-order valence-electron chi connectivity index (χ4n) is 5.24. The van der Waals surface area contributed by atoms with Gasteiger partial charge in [-0.2, -0.15) is 0 Å². The van der Waals surface area contributed by atoms with Crippen molar-refractivity contribution in [1.82, 2.24) is 10.6 Å². The van der Waals surface area contributed by atoms with Crippen molar-refractivity contribution in [3.05, 3.63) is 63.9 Å². The van der Waals surface area contributed by atoms with Gasteiger partial charge in [0.25, 0.3) is 0 Å². The lowest BCUT2D eigenvalue weighted by molar-refractivity contribution is -0.127. The van der Waals surface area contributed by atoms with Gasteiger partial charge in [0.2, 0.25) is 5.91 Å². The molecule has 1 saturated carbocycles. The van der Waals surface area contributed by atoms with Crippen LogP contribution in [-0.4, -0.2) is 48.6 Å². The maximum absolute atomic E-state index is 15.3. The highest BCUT2D eigenvalue weighted by molar-refractivity contribution is 6.30. The Balaban J connectivity index is 1.83. The summed E-state index contributed by atoms with van der Waals surface area (Å²) in [7, 11) is 1.48. The summed E-state index contributed by atoms with van der Waals surface area (Å²) in [5, 5.41) is 18.4. The van der Waals surface area contributed by atoms with Gasteiger partial charge in [-0.15, -0.1) is 0 Å². The Labute approximate surface area is 199 Å². The predicted octanol–water partition coefficient (Wildman–Crippen LogP) is 3.02. The molecule has 0 spiro atoms. The van der Waals surface area contributed by atoms with Gasteiger partial charge >= 0.3 is 0 Å². The van der Waals surface area contributed by atoms with E-state index >= 15 is 4.39 Å². The molecule has 1 aliphatic heterocycles. The summed E-state index contributed by atoms with van der Waals surface area (Å²) in [6, 6.07) is 4.72. The molecular formula is C24H25ClF3N3O3. The van der Waals surface area contributed by atoms with Gasteiger partial charge in [-0.1, -0.05) is 23.7 Å². The number of halogens is 4. The molecule has 2 aromatic carbocycles. The number of amides is 1. The second-order valence-electron chi connectivity index (χ2n) is 9.31. The van der Waals surface area contributed by atoms with Crippen LogP contribution in [0.2, 0.25) is 5.02 Å². The number of anilines is 1. The summed E-state index contributed by atoms with van der Waals surface area (Å²) in [6.07, 6.45) is 1.25. The van der Waals surface area contributed by atoms with Gasteiger partial charge in [0, 0.05) is 37.3 Å². The molecule has 6 nitrogen and oxygen atoms in total. The Hall–Kier alpha value is -2.62. The van der Waals surface area contributed by atoms with Crippen LogP contribution in [-0.2, 0) is 15.0 Å². The van der Waals surface area contributed by atoms with E-state index in [-0.39, 0.29) is 34.4 Å². The van der Waals surface area contributed by atoms with Crippen molar-refractivity contribution < 1.29 is 27.9 Å². The fraction of sp³-hybridized carbons (Fsp3) is 0.417. The molecular weight excluding hydrogens is 471 g/mol. The van der Waals surface area contributed by atoms with E-state index in [2.05, 4.69) is 16.0 Å². The zero-order chi connectivity index (χ0) is 24.8. The second kappa shape index (κ2) is 8.87. The third kappa shape index (κ3) is 4.06. The summed E-state index contributed by atoms with van der Waals surface area (Å²) in [5.74, 6) is -4.72. The Bertz CT molecular complexity index is 1140. The Morgan fingerprint density at radius 2 is 1.91 bits per heavy atom. The Kier molecular flexibility index (Phi) is 6.39. The van der Waals surface area contributed by atoms with E-state index in [1.807, 2.05) is 0 Å². The summed E-state index contributed by atoms with van der Waals surface area (Å²) in [4.78, 5) is 26.0. The molecule has 0 bridgehead atoms. The average Bonchev–Trinajstić information content (AvgIpc) is 3.16. The van der Waals surface area contributed by atoms with E-state index in [4.69, 9.17) is 11.6 Å². The summed E-state index contributed by atoms with van der Waals surface area (Å²) in [5.41, 5.74) is -2.28. The maximum Gasteiger partial charge on any atom is 0.238 e. The molecule has 2 fully saturated rings. The van der Waals surface area contributed by atoms with Crippen LogP contribution < -0.4 is 16.0 Å². The largest absolute Gasteiger partial charge is 0.390 e. The van der Waals surface area contributed by atoms with Gasteiger partial charge in [-0.05, 0) is 43.0 Å². The number of hydrogen-bond acceptors (Lipinski definition) is 5. The molecule has 0 aromatic heterocycles. The number of carbonyl (C=O) groups excluding carboxylic acids is 2. The minimum absolute atomic E-state index is 0.00265. The maximum atomic E-state index is 15.3. The van der Waals surface area contributed by atoms with Gasteiger partial charge in [0.05, 0.1) is 22.1 Å². The van der Waals surface area contributed by atoms with Crippen molar-refractivity contribution in [2.24, 2.45) is 0 Å². The van der Waals surface area contributed by atoms with Crippen LogP contribution in [0.5, 0.6) is 0 Å². The molecule has 182 valence electrons. The molecule has 2 aromatic rings. The van der Waals surface area contributed by atoms with Crippen LogP contribution >= 0.6 is 11.6 Å². The molecule has 0 radical (unpaired) electrons. The number of aldehydes is 1. The molecule has 10 heteroatoms. The van der Waals surface area contributed by atoms with Crippen molar-refractivity contribution in [3.63, 3.8) is 0 Å². The van der Waals surface area contributed by atoms with E-state index < -0.39 is 46.3 Å². The van der Waals surface area contributed by atoms with Gasteiger partial charge in [-0.3, -0.25) is 4.79 Å². The van der Waals surface area contributed by atoms with Crippen molar-refractivity contribution in [2.45, 2.75) is 48.8 Å². The van der Waals surface area contributed by atoms with Gasteiger partial charge in [0.15, 0.2) is 11.6 Å². The molecule has 2 aliphatic rings. The van der Waals surface area contributed by atoms with Crippen LogP contribution in [0.15, 0.2) is 30.3 Å². The normalized spacial score (nSPS) is 30.5. The van der Waals surface area contributed by atoms with Crippen molar-refractivity contribution in [1.29, 1.82) is 0 Å². The van der Waals surface area contributed by atoms with Crippen LogP contribution in [0.3, 0.4) is 0 Å². The highest BCUT2D eigenvalue weighted by atomic mass is 35.5.